The first-order chi connectivity index (χ1) is 4.76. The second kappa shape index (κ2) is 1.71. The zero-order valence-electron chi connectivity index (χ0n) is 5.59. The van der Waals surface area contributed by atoms with Crippen LogP contribution < -0.4 is 5.32 Å². The summed E-state index contributed by atoms with van der Waals surface area (Å²) >= 11 is 0. The van der Waals surface area contributed by atoms with Gasteiger partial charge in [-0.3, -0.25) is 4.79 Å². The summed E-state index contributed by atoms with van der Waals surface area (Å²) in [6.07, 6.45) is 1.60. The molecule has 10 heavy (non-hydrogen) atoms. The summed E-state index contributed by atoms with van der Waals surface area (Å²) < 4.78 is 0. The van der Waals surface area contributed by atoms with E-state index >= 15 is 0 Å². The number of β-lactam (4-membered cyclic amide) rings is 1. The van der Waals surface area contributed by atoms with E-state index in [-0.39, 0.29) is 5.91 Å². The van der Waals surface area contributed by atoms with Crippen molar-refractivity contribution in [1.29, 1.82) is 0 Å². The summed E-state index contributed by atoms with van der Waals surface area (Å²) in [5.74, 6) is -0.0833. The molecule has 2 aliphatic rings. The van der Waals surface area contributed by atoms with Crippen molar-refractivity contribution in [1.82, 2.24) is 10.4 Å². The number of rotatable bonds is 0. The molecule has 0 aromatic heterocycles. The normalized spacial score (nSPS) is 39.9. The first-order valence-electron chi connectivity index (χ1n) is 3.49. The average Bonchev–Trinajstić information content (AvgIpc) is 2.30. The minimum atomic E-state index is -0.639. The predicted octanol–water partition coefficient (Wildman–Crippen LogP) is -0.551. The van der Waals surface area contributed by atoms with Gasteiger partial charge in [-0.1, -0.05) is 0 Å². The van der Waals surface area contributed by atoms with Gasteiger partial charge in [-0.2, -0.15) is 0 Å². The molecule has 2 aliphatic heterocycles. The molecule has 1 spiro atoms. The van der Waals surface area contributed by atoms with Crippen molar-refractivity contribution in [2.75, 3.05) is 13.1 Å². The maximum Gasteiger partial charge on any atom is 0.241 e. The Bertz CT molecular complexity index is 183. The SMILES string of the molecule is O=C1NCC12CCCN2[O-]. The van der Waals surface area contributed by atoms with Crippen molar-refractivity contribution < 1.29 is 4.79 Å². The highest BCUT2D eigenvalue weighted by Crippen LogP contribution is 2.32. The molecule has 0 saturated carbocycles. The lowest BCUT2D eigenvalue weighted by atomic mass is 9.89. The van der Waals surface area contributed by atoms with E-state index in [4.69, 9.17) is 0 Å². The van der Waals surface area contributed by atoms with E-state index < -0.39 is 5.54 Å². The van der Waals surface area contributed by atoms with Crippen LogP contribution in [0.4, 0.5) is 0 Å². The molecular weight excluding hydrogens is 132 g/mol. The topological polar surface area (TPSA) is 55.4 Å². The minimum Gasteiger partial charge on any atom is -0.784 e. The zero-order chi connectivity index (χ0) is 7.19. The molecule has 2 fully saturated rings. The van der Waals surface area contributed by atoms with Gasteiger partial charge in [0.15, 0.2) is 0 Å². The Labute approximate surface area is 58.8 Å². The number of nitrogens with zero attached hydrogens (tertiary/aromatic N) is 1. The molecule has 1 atom stereocenters. The van der Waals surface area contributed by atoms with E-state index in [2.05, 4.69) is 5.32 Å². The minimum absolute atomic E-state index is 0.0833. The molecule has 1 unspecified atom stereocenters. The van der Waals surface area contributed by atoms with Crippen LogP contribution in [-0.4, -0.2) is 29.6 Å². The molecular formula is C6H9N2O2-. The molecule has 2 heterocycles. The van der Waals surface area contributed by atoms with Crippen LogP contribution in [0.2, 0.25) is 0 Å². The number of hydrogen-bond acceptors (Lipinski definition) is 3. The van der Waals surface area contributed by atoms with Gasteiger partial charge < -0.3 is 15.6 Å². The molecule has 0 aromatic carbocycles. The number of nitrogens with one attached hydrogen (secondary N) is 1. The first-order valence-corrected chi connectivity index (χ1v) is 3.49. The molecule has 4 nitrogen and oxygen atoms in total. The van der Waals surface area contributed by atoms with Gasteiger partial charge in [0.25, 0.3) is 0 Å². The molecule has 2 saturated heterocycles. The monoisotopic (exact) mass is 141 g/mol. The number of amides is 1. The van der Waals surface area contributed by atoms with Crippen LogP contribution in [0.5, 0.6) is 0 Å². The maximum atomic E-state index is 11.0. The Morgan fingerprint density at radius 1 is 1.70 bits per heavy atom. The maximum absolute atomic E-state index is 11.0. The molecule has 0 bridgehead atoms. The van der Waals surface area contributed by atoms with Gasteiger partial charge in [-0.15, -0.1) is 0 Å². The Morgan fingerprint density at radius 3 is 2.70 bits per heavy atom. The van der Waals surface area contributed by atoms with Crippen LogP contribution in [0.25, 0.3) is 0 Å². The largest absolute Gasteiger partial charge is 0.784 e. The second-order valence-electron chi connectivity index (χ2n) is 2.92. The van der Waals surface area contributed by atoms with Crippen molar-refractivity contribution in [3.63, 3.8) is 0 Å². The van der Waals surface area contributed by atoms with Gasteiger partial charge in [0.05, 0.1) is 0 Å². The highest BCUT2D eigenvalue weighted by atomic mass is 16.5. The van der Waals surface area contributed by atoms with Gasteiger partial charge >= 0.3 is 0 Å². The van der Waals surface area contributed by atoms with Crippen molar-refractivity contribution in [3.8, 4) is 0 Å². The fraction of sp³-hybridized carbons (Fsp3) is 0.833. The molecule has 0 radical (unpaired) electrons. The third kappa shape index (κ3) is 0.507. The molecule has 1 amide bonds. The number of hydroxylamine groups is 2. The smallest absolute Gasteiger partial charge is 0.241 e. The number of hydrogen-bond donors (Lipinski definition) is 1. The summed E-state index contributed by atoms with van der Waals surface area (Å²) in [6.45, 7) is 1.07. The van der Waals surface area contributed by atoms with Gasteiger partial charge in [-0.25, -0.2) is 0 Å². The standard InChI is InChI=1S/C6H9N2O2/c9-5-6(4-7-5)2-1-3-8(6)10/h1-4H2,(H,7,9)/q-1. The van der Waals surface area contributed by atoms with Crippen molar-refractivity contribution in [3.05, 3.63) is 5.21 Å². The fourth-order valence-electron chi connectivity index (χ4n) is 1.62. The van der Waals surface area contributed by atoms with Crippen LogP contribution in [0.15, 0.2) is 0 Å². The highest BCUT2D eigenvalue weighted by molar-refractivity contribution is 5.93. The van der Waals surface area contributed by atoms with Crippen LogP contribution in [0.1, 0.15) is 12.8 Å². The van der Waals surface area contributed by atoms with Crippen LogP contribution in [0.3, 0.4) is 0 Å². The fourth-order valence-corrected chi connectivity index (χ4v) is 1.62. The van der Waals surface area contributed by atoms with E-state index in [1.165, 1.54) is 0 Å². The summed E-state index contributed by atoms with van der Waals surface area (Å²) in [5, 5.41) is 14.6. The molecule has 0 aromatic rings. The predicted molar refractivity (Wildman–Crippen MR) is 35.0 cm³/mol. The summed E-state index contributed by atoms with van der Waals surface area (Å²) in [4.78, 5) is 10.9. The molecule has 1 N–H and O–H groups in total. The molecule has 56 valence electrons. The van der Waals surface area contributed by atoms with E-state index in [1.807, 2.05) is 0 Å². The van der Waals surface area contributed by atoms with E-state index in [0.29, 0.717) is 13.1 Å². The Kier molecular flexibility index (Phi) is 1.04. The lowest BCUT2D eigenvalue weighted by molar-refractivity contribution is -0.139. The Morgan fingerprint density at radius 2 is 2.50 bits per heavy atom. The van der Waals surface area contributed by atoms with Crippen molar-refractivity contribution >= 4 is 5.91 Å². The Balaban J connectivity index is 2.21. The first kappa shape index (κ1) is 6.12. The third-order valence-electron chi connectivity index (χ3n) is 2.39. The van der Waals surface area contributed by atoms with E-state index in [1.54, 1.807) is 0 Å². The highest BCUT2D eigenvalue weighted by Gasteiger charge is 2.49. The van der Waals surface area contributed by atoms with E-state index in [9.17, 15) is 10.0 Å². The number of carbonyl (C=O) groups is 1. The summed E-state index contributed by atoms with van der Waals surface area (Å²) in [7, 11) is 0. The second-order valence-corrected chi connectivity index (χ2v) is 2.92. The Hall–Kier alpha value is -0.610. The molecule has 4 heteroatoms. The summed E-state index contributed by atoms with van der Waals surface area (Å²) in [6, 6.07) is 0. The van der Waals surface area contributed by atoms with E-state index in [0.717, 1.165) is 17.9 Å². The van der Waals surface area contributed by atoms with Crippen LogP contribution in [-0.2, 0) is 4.79 Å². The van der Waals surface area contributed by atoms with Gasteiger partial charge in [0.1, 0.15) is 5.54 Å². The van der Waals surface area contributed by atoms with Crippen molar-refractivity contribution in [2.45, 2.75) is 18.4 Å². The van der Waals surface area contributed by atoms with Crippen LogP contribution in [0, 0.1) is 5.21 Å². The average molecular weight is 141 g/mol. The lowest BCUT2D eigenvalue weighted by Gasteiger charge is -2.48. The van der Waals surface area contributed by atoms with Gasteiger partial charge in [0.2, 0.25) is 5.91 Å². The van der Waals surface area contributed by atoms with Gasteiger partial charge in [-0.05, 0) is 19.4 Å². The lowest BCUT2D eigenvalue weighted by Crippen LogP contribution is -2.69. The van der Waals surface area contributed by atoms with Crippen molar-refractivity contribution in [2.24, 2.45) is 0 Å². The zero-order valence-corrected chi connectivity index (χ0v) is 5.59. The molecule has 0 aliphatic carbocycles. The van der Waals surface area contributed by atoms with Crippen LogP contribution >= 0.6 is 0 Å². The summed E-state index contributed by atoms with van der Waals surface area (Å²) in [5.41, 5.74) is -0.639. The van der Waals surface area contributed by atoms with Gasteiger partial charge in [0, 0.05) is 6.54 Å². The quantitative estimate of drug-likeness (QED) is 0.460. The third-order valence-corrected chi connectivity index (χ3v) is 2.39. The number of carbonyl (C=O) groups excluding carboxylic acids is 1. The molecule has 2 rings (SSSR count).